The summed E-state index contributed by atoms with van der Waals surface area (Å²) in [7, 11) is 0. The molecule has 0 N–H and O–H groups in total. The van der Waals surface area contributed by atoms with Crippen molar-refractivity contribution in [1.82, 2.24) is 0 Å². The molecule has 23 heavy (non-hydrogen) atoms. The van der Waals surface area contributed by atoms with Crippen LogP contribution in [-0.4, -0.2) is 16.7 Å². The smallest absolute Gasteiger partial charge is 0.271 e. The van der Waals surface area contributed by atoms with Gasteiger partial charge in [-0.1, -0.05) is 18.2 Å². The van der Waals surface area contributed by atoms with Crippen LogP contribution >= 0.6 is 0 Å². The molecule has 4 atom stereocenters. The van der Waals surface area contributed by atoms with Crippen molar-refractivity contribution in [3.63, 3.8) is 0 Å². The van der Waals surface area contributed by atoms with Gasteiger partial charge in [-0.15, -0.1) is 0 Å². The van der Waals surface area contributed by atoms with Gasteiger partial charge in [0.1, 0.15) is 0 Å². The Bertz CT molecular complexity index is 777. The second kappa shape index (κ2) is 3.88. The maximum Gasteiger partial charge on any atom is 0.271 e. The van der Waals surface area contributed by atoms with Crippen LogP contribution in [0.2, 0.25) is 0 Å². The molecule has 1 aliphatic heterocycles. The number of non-ortho nitro benzene ring substituents is 1. The molecule has 1 aromatic rings. The molecule has 6 nitrogen and oxygen atoms in total. The molecule has 0 radical (unpaired) electrons. The molecule has 0 unspecified atom stereocenters. The second-order valence-corrected chi connectivity index (χ2v) is 7.01. The summed E-state index contributed by atoms with van der Waals surface area (Å²) in [5, 5.41) is 10.9. The summed E-state index contributed by atoms with van der Waals surface area (Å²) in [6.07, 6.45) is 6.42. The van der Waals surface area contributed by atoms with Crippen LogP contribution in [0.5, 0.6) is 0 Å². The molecule has 1 aromatic carbocycles. The van der Waals surface area contributed by atoms with E-state index in [0.29, 0.717) is 5.69 Å². The molecule has 3 aliphatic carbocycles. The van der Waals surface area contributed by atoms with Gasteiger partial charge in [-0.2, -0.15) is 0 Å². The van der Waals surface area contributed by atoms with Gasteiger partial charge in [0.05, 0.1) is 22.4 Å². The minimum absolute atomic E-state index is 0.111. The molecule has 1 heterocycles. The summed E-state index contributed by atoms with van der Waals surface area (Å²) in [6, 6.07) is 5.77. The van der Waals surface area contributed by atoms with Gasteiger partial charge in [-0.25, -0.2) is 4.90 Å². The first-order valence-corrected chi connectivity index (χ1v) is 7.85. The van der Waals surface area contributed by atoms with Crippen molar-refractivity contribution in [2.75, 3.05) is 4.90 Å². The monoisotopic (exact) mass is 310 g/mol. The van der Waals surface area contributed by atoms with Crippen LogP contribution in [0.25, 0.3) is 0 Å². The summed E-state index contributed by atoms with van der Waals surface area (Å²) in [5.41, 5.74) is 0.364. The zero-order valence-electron chi connectivity index (χ0n) is 12.2. The van der Waals surface area contributed by atoms with Crippen molar-refractivity contribution in [2.24, 2.45) is 29.1 Å². The lowest BCUT2D eigenvalue weighted by Crippen LogP contribution is -2.34. The van der Waals surface area contributed by atoms with Gasteiger partial charge < -0.3 is 0 Å². The summed E-state index contributed by atoms with van der Waals surface area (Å²) in [6.45, 7) is 0. The highest BCUT2D eigenvalue weighted by molar-refractivity contribution is 6.23. The predicted octanol–water partition coefficient (Wildman–Crippen LogP) is 2.30. The lowest BCUT2D eigenvalue weighted by Gasteiger charge is -2.21. The number of nitrogens with zero attached hydrogens (tertiary/aromatic N) is 2. The van der Waals surface area contributed by atoms with Crippen LogP contribution in [-0.2, 0) is 9.59 Å². The van der Waals surface area contributed by atoms with Crippen molar-refractivity contribution in [2.45, 2.75) is 12.8 Å². The molecule has 116 valence electrons. The minimum atomic E-state index is -0.514. The standard InChI is InChI=1S/C17H14N2O4/c20-15-13-11-4-5-12(17(11)6-7-17)14(13)16(21)18(15)9-2-1-3-10(8-9)19(22)23/h1-5,8,11-14H,6-7H2/t11-,12-,13-,14+/m0/s1. The summed E-state index contributed by atoms with van der Waals surface area (Å²) >= 11 is 0. The third-order valence-corrected chi connectivity index (χ3v) is 6.15. The number of rotatable bonds is 2. The highest BCUT2D eigenvalue weighted by Gasteiger charge is 2.73. The van der Waals surface area contributed by atoms with Crippen LogP contribution in [0.15, 0.2) is 36.4 Å². The van der Waals surface area contributed by atoms with Crippen molar-refractivity contribution in [3.8, 4) is 0 Å². The Labute approximate surface area is 131 Å². The molecule has 1 spiro atoms. The Balaban J connectivity index is 1.56. The first-order valence-electron chi connectivity index (χ1n) is 7.85. The Morgan fingerprint density at radius 1 is 1.09 bits per heavy atom. The summed E-state index contributed by atoms with van der Waals surface area (Å²) in [4.78, 5) is 37.4. The van der Waals surface area contributed by atoms with E-state index >= 15 is 0 Å². The largest absolute Gasteiger partial charge is 0.274 e. The molecule has 2 amide bonds. The molecule has 4 aliphatic rings. The van der Waals surface area contributed by atoms with Gasteiger partial charge in [0.15, 0.2) is 0 Å². The van der Waals surface area contributed by atoms with Gasteiger partial charge in [0, 0.05) is 12.1 Å². The fourth-order valence-electron chi connectivity index (χ4n) is 5.08. The van der Waals surface area contributed by atoms with E-state index in [-0.39, 0.29) is 46.6 Å². The number of imide groups is 1. The van der Waals surface area contributed by atoms with Crippen LogP contribution in [0.4, 0.5) is 11.4 Å². The quantitative estimate of drug-likeness (QED) is 0.363. The number of hydrogen-bond acceptors (Lipinski definition) is 4. The lowest BCUT2D eigenvalue weighted by molar-refractivity contribution is -0.384. The van der Waals surface area contributed by atoms with Crippen molar-refractivity contribution < 1.29 is 14.5 Å². The Morgan fingerprint density at radius 2 is 1.70 bits per heavy atom. The number of nitro benzene ring substituents is 1. The molecular weight excluding hydrogens is 296 g/mol. The maximum absolute atomic E-state index is 12.9. The van der Waals surface area contributed by atoms with Gasteiger partial charge in [-0.05, 0) is 36.2 Å². The van der Waals surface area contributed by atoms with Crippen molar-refractivity contribution >= 4 is 23.2 Å². The average Bonchev–Trinajstić information content (AvgIpc) is 3.13. The molecule has 6 heteroatoms. The molecule has 1 saturated heterocycles. The third kappa shape index (κ3) is 1.39. The highest BCUT2D eigenvalue weighted by Crippen LogP contribution is 2.73. The van der Waals surface area contributed by atoms with Crippen molar-refractivity contribution in [3.05, 3.63) is 46.5 Å². The minimum Gasteiger partial charge on any atom is -0.274 e. The fourth-order valence-corrected chi connectivity index (χ4v) is 5.08. The number of nitro groups is 1. The highest BCUT2D eigenvalue weighted by atomic mass is 16.6. The molecule has 0 aromatic heterocycles. The number of allylic oxidation sites excluding steroid dienone is 2. The topological polar surface area (TPSA) is 80.5 Å². The van der Waals surface area contributed by atoms with E-state index in [4.69, 9.17) is 0 Å². The number of hydrogen-bond donors (Lipinski definition) is 0. The second-order valence-electron chi connectivity index (χ2n) is 7.01. The predicted molar refractivity (Wildman–Crippen MR) is 80.4 cm³/mol. The number of amides is 2. The average molecular weight is 310 g/mol. The number of carbonyl (C=O) groups is 2. The van der Waals surface area contributed by atoms with Gasteiger partial charge in [-0.3, -0.25) is 19.7 Å². The third-order valence-electron chi connectivity index (χ3n) is 6.15. The maximum atomic E-state index is 12.9. The van der Waals surface area contributed by atoms with Gasteiger partial charge in [0.25, 0.3) is 5.69 Å². The SMILES string of the molecule is O=C1[C@@H]2[C@H](C(=O)N1c1cccc([N+](=O)[O-])c1)[C@@H]1C=C[C@@H]2C12CC2. The zero-order chi connectivity index (χ0) is 15.9. The number of benzene rings is 1. The molecule has 5 rings (SSSR count). The number of fused-ring (bicyclic) bond motifs is 3. The van der Waals surface area contributed by atoms with E-state index in [2.05, 4.69) is 12.2 Å². The van der Waals surface area contributed by atoms with E-state index in [0.717, 1.165) is 12.8 Å². The van der Waals surface area contributed by atoms with Gasteiger partial charge in [0.2, 0.25) is 11.8 Å². The summed E-state index contributed by atoms with van der Waals surface area (Å²) in [5.74, 6) is -0.610. The van der Waals surface area contributed by atoms with E-state index in [9.17, 15) is 19.7 Å². The molecule has 2 saturated carbocycles. The normalized spacial score (nSPS) is 35.2. The van der Waals surface area contributed by atoms with Crippen LogP contribution in [0.1, 0.15) is 12.8 Å². The van der Waals surface area contributed by atoms with Crippen LogP contribution in [0, 0.1) is 39.2 Å². The summed E-state index contributed by atoms with van der Waals surface area (Å²) < 4.78 is 0. The van der Waals surface area contributed by atoms with Gasteiger partial charge >= 0.3 is 0 Å². The molecule has 3 fully saturated rings. The first-order chi connectivity index (χ1) is 11.0. The Morgan fingerprint density at radius 3 is 2.22 bits per heavy atom. The fraction of sp³-hybridized carbons (Fsp3) is 0.412. The van der Waals surface area contributed by atoms with Crippen molar-refractivity contribution in [1.29, 1.82) is 0 Å². The van der Waals surface area contributed by atoms with Crippen LogP contribution in [0.3, 0.4) is 0 Å². The number of carbonyl (C=O) groups excluding carboxylic acids is 2. The first kappa shape index (κ1) is 13.0. The molecule has 2 bridgehead atoms. The van der Waals surface area contributed by atoms with E-state index in [1.54, 1.807) is 6.07 Å². The van der Waals surface area contributed by atoms with Crippen LogP contribution < -0.4 is 4.90 Å². The molecular formula is C17H14N2O4. The Kier molecular flexibility index (Phi) is 2.19. The Hall–Kier alpha value is -2.50. The lowest BCUT2D eigenvalue weighted by atomic mass is 9.85. The van der Waals surface area contributed by atoms with E-state index in [1.807, 2.05) is 0 Å². The number of anilines is 1. The van der Waals surface area contributed by atoms with E-state index in [1.165, 1.54) is 23.1 Å². The van der Waals surface area contributed by atoms with E-state index < -0.39 is 4.92 Å². The zero-order valence-corrected chi connectivity index (χ0v) is 12.2.